The Balaban J connectivity index is 3.64. The molecule has 0 radical (unpaired) electrons. The van der Waals surface area contributed by atoms with Crippen molar-refractivity contribution in [2.45, 2.75) is 0 Å². The second-order valence-electron chi connectivity index (χ2n) is 2.80. The summed E-state index contributed by atoms with van der Waals surface area (Å²) in [6.45, 7) is -0.286. The Bertz CT molecular complexity index is 349. The summed E-state index contributed by atoms with van der Waals surface area (Å²) >= 11 is 0. The lowest BCUT2D eigenvalue weighted by atomic mass is 10.5. The summed E-state index contributed by atoms with van der Waals surface area (Å²) in [6.07, 6.45) is 0. The van der Waals surface area contributed by atoms with E-state index in [1.54, 1.807) is 7.05 Å². The monoisotopic (exact) mass is 279 g/mol. The first-order chi connectivity index (χ1) is 7.10. The van der Waals surface area contributed by atoms with Gasteiger partial charge in [0.1, 0.15) is 0 Å². The number of hydrogen-bond donors (Lipinski definition) is 2. The van der Waals surface area contributed by atoms with Crippen LogP contribution in [0.1, 0.15) is 0 Å². The maximum Gasteiger partial charge on any atom is 0.397 e. The molecule has 2 N–H and O–H groups in total. The Morgan fingerprint density at radius 2 is 1.25 bits per heavy atom. The molecule has 0 aliphatic heterocycles. The molecule has 0 aromatic carbocycles. The zero-order valence-corrected chi connectivity index (χ0v) is 10.1. The Labute approximate surface area is 93.9 Å². The standard InChI is InChI=1S/C5H13NO8S2/c1-6(2-4-13-15(7,8)9)3-5-14-16(10,11)12/h2-5H2,1H3,(H,7,8,9)(H,10,11,12). The number of likely N-dealkylation sites (N-methyl/N-ethyl adjacent to an activating group) is 1. The van der Waals surface area contributed by atoms with Crippen molar-refractivity contribution < 1.29 is 34.3 Å². The van der Waals surface area contributed by atoms with Gasteiger partial charge < -0.3 is 4.90 Å². The topological polar surface area (TPSA) is 130 Å². The molecule has 11 heteroatoms. The normalized spacial score (nSPS) is 13.2. The number of nitrogens with zero attached hydrogens (tertiary/aromatic N) is 1. The van der Waals surface area contributed by atoms with Gasteiger partial charge in [-0.1, -0.05) is 0 Å². The van der Waals surface area contributed by atoms with Crippen LogP contribution in [0.15, 0.2) is 0 Å². The van der Waals surface area contributed by atoms with Crippen LogP contribution in [-0.2, 0) is 29.2 Å². The van der Waals surface area contributed by atoms with Gasteiger partial charge in [-0.3, -0.25) is 9.11 Å². The smallest absolute Gasteiger partial charge is 0.302 e. The first-order valence-electron chi connectivity index (χ1n) is 4.02. The summed E-state index contributed by atoms with van der Waals surface area (Å²) in [5.74, 6) is 0. The molecule has 0 spiro atoms. The molecule has 0 unspecified atom stereocenters. The van der Waals surface area contributed by atoms with Gasteiger partial charge in [-0.25, -0.2) is 8.37 Å². The van der Waals surface area contributed by atoms with Crippen molar-refractivity contribution in [3.05, 3.63) is 0 Å². The van der Waals surface area contributed by atoms with Gasteiger partial charge in [0.25, 0.3) is 0 Å². The van der Waals surface area contributed by atoms with Gasteiger partial charge in [0, 0.05) is 13.1 Å². The van der Waals surface area contributed by atoms with E-state index in [0.717, 1.165) is 0 Å². The Hall–Kier alpha value is -0.300. The number of rotatable bonds is 8. The van der Waals surface area contributed by atoms with E-state index >= 15 is 0 Å². The molecule has 0 amide bonds. The summed E-state index contributed by atoms with van der Waals surface area (Å²) < 4.78 is 65.0. The highest BCUT2D eigenvalue weighted by atomic mass is 32.3. The van der Waals surface area contributed by atoms with Crippen molar-refractivity contribution in [1.82, 2.24) is 4.90 Å². The van der Waals surface area contributed by atoms with Gasteiger partial charge in [0.2, 0.25) is 0 Å². The first-order valence-corrected chi connectivity index (χ1v) is 6.75. The molecule has 16 heavy (non-hydrogen) atoms. The lowest BCUT2D eigenvalue weighted by molar-refractivity contribution is 0.188. The van der Waals surface area contributed by atoms with Crippen LogP contribution < -0.4 is 0 Å². The van der Waals surface area contributed by atoms with Crippen molar-refractivity contribution in [2.75, 3.05) is 33.4 Å². The minimum Gasteiger partial charge on any atom is -0.302 e. The summed E-state index contributed by atoms with van der Waals surface area (Å²) in [5.41, 5.74) is 0. The lowest BCUT2D eigenvalue weighted by Gasteiger charge is -2.14. The highest BCUT2D eigenvalue weighted by Gasteiger charge is 2.07. The molecule has 0 aromatic heterocycles. The van der Waals surface area contributed by atoms with Crippen LogP contribution in [0.2, 0.25) is 0 Å². The molecule has 98 valence electrons. The average Bonchev–Trinajstić information content (AvgIpc) is 1.98. The van der Waals surface area contributed by atoms with Gasteiger partial charge in [0.05, 0.1) is 13.2 Å². The molecule has 0 atom stereocenters. The fourth-order valence-electron chi connectivity index (χ4n) is 0.709. The van der Waals surface area contributed by atoms with Crippen LogP contribution in [0.4, 0.5) is 0 Å². The lowest BCUT2D eigenvalue weighted by Crippen LogP contribution is -2.28. The first kappa shape index (κ1) is 15.7. The molecular weight excluding hydrogens is 266 g/mol. The van der Waals surface area contributed by atoms with E-state index in [0.29, 0.717) is 0 Å². The highest BCUT2D eigenvalue weighted by molar-refractivity contribution is 7.81. The van der Waals surface area contributed by atoms with E-state index in [9.17, 15) is 16.8 Å². The third-order valence-corrected chi connectivity index (χ3v) is 2.34. The molecule has 0 saturated carbocycles. The molecule has 0 heterocycles. The van der Waals surface area contributed by atoms with Gasteiger partial charge in [-0.05, 0) is 7.05 Å². The summed E-state index contributed by atoms with van der Waals surface area (Å²) in [7, 11) is -7.37. The van der Waals surface area contributed by atoms with Crippen molar-refractivity contribution >= 4 is 20.8 Å². The summed E-state index contributed by atoms with van der Waals surface area (Å²) in [6, 6.07) is 0. The highest BCUT2D eigenvalue weighted by Crippen LogP contribution is 1.91. The van der Waals surface area contributed by atoms with E-state index in [2.05, 4.69) is 8.37 Å². The van der Waals surface area contributed by atoms with Gasteiger partial charge >= 0.3 is 20.8 Å². The van der Waals surface area contributed by atoms with Gasteiger partial charge in [-0.15, -0.1) is 0 Å². The fraction of sp³-hybridized carbons (Fsp3) is 1.00. The van der Waals surface area contributed by atoms with Crippen molar-refractivity contribution in [1.29, 1.82) is 0 Å². The maximum absolute atomic E-state index is 10.1. The summed E-state index contributed by atoms with van der Waals surface area (Å²) in [4.78, 5) is 1.48. The average molecular weight is 279 g/mol. The van der Waals surface area contributed by atoms with E-state index < -0.39 is 20.8 Å². The van der Waals surface area contributed by atoms with E-state index in [1.807, 2.05) is 0 Å². The predicted octanol–water partition coefficient (Wildman–Crippen LogP) is -1.44. The molecule has 0 rings (SSSR count). The second kappa shape index (κ2) is 6.44. The van der Waals surface area contributed by atoms with Crippen LogP contribution >= 0.6 is 0 Å². The molecule has 0 aliphatic carbocycles. The largest absolute Gasteiger partial charge is 0.397 e. The molecule has 0 aliphatic rings. The van der Waals surface area contributed by atoms with E-state index in [4.69, 9.17) is 9.11 Å². The maximum atomic E-state index is 10.1. The van der Waals surface area contributed by atoms with Gasteiger partial charge in [0.15, 0.2) is 0 Å². The van der Waals surface area contributed by atoms with Crippen molar-refractivity contribution in [3.8, 4) is 0 Å². The molecule has 0 fully saturated rings. The molecule has 9 nitrogen and oxygen atoms in total. The van der Waals surface area contributed by atoms with Crippen LogP contribution in [0.3, 0.4) is 0 Å². The van der Waals surface area contributed by atoms with Crippen LogP contribution in [-0.4, -0.2) is 64.2 Å². The molecule has 0 saturated heterocycles. The molecule has 0 bridgehead atoms. The quantitative estimate of drug-likeness (QED) is 0.512. The Kier molecular flexibility index (Phi) is 6.32. The zero-order valence-electron chi connectivity index (χ0n) is 8.44. The third kappa shape index (κ3) is 11.8. The number of hydrogen-bond acceptors (Lipinski definition) is 7. The minimum absolute atomic E-state index is 0.134. The van der Waals surface area contributed by atoms with E-state index in [1.165, 1.54) is 4.90 Å². The second-order valence-corrected chi connectivity index (χ2v) is 4.99. The van der Waals surface area contributed by atoms with Crippen LogP contribution in [0, 0.1) is 0 Å². The minimum atomic E-state index is -4.46. The van der Waals surface area contributed by atoms with E-state index in [-0.39, 0.29) is 26.3 Å². The van der Waals surface area contributed by atoms with Crippen LogP contribution in [0.25, 0.3) is 0 Å². The Morgan fingerprint density at radius 3 is 1.50 bits per heavy atom. The zero-order chi connectivity index (χ0) is 12.8. The summed E-state index contributed by atoms with van der Waals surface area (Å²) in [5, 5.41) is 0. The predicted molar refractivity (Wildman–Crippen MR) is 52.5 cm³/mol. The Morgan fingerprint density at radius 1 is 0.938 bits per heavy atom. The molecule has 0 aromatic rings. The van der Waals surface area contributed by atoms with Crippen LogP contribution in [0.5, 0.6) is 0 Å². The van der Waals surface area contributed by atoms with Crippen molar-refractivity contribution in [3.63, 3.8) is 0 Å². The van der Waals surface area contributed by atoms with Gasteiger partial charge in [-0.2, -0.15) is 16.8 Å². The van der Waals surface area contributed by atoms with Crippen molar-refractivity contribution in [2.24, 2.45) is 0 Å². The third-order valence-electron chi connectivity index (χ3n) is 1.41. The fourth-order valence-corrected chi connectivity index (χ4v) is 1.28. The molecular formula is C5H13NO8S2. The SMILES string of the molecule is CN(CCOS(=O)(=O)O)CCOS(=O)(=O)O.